The van der Waals surface area contributed by atoms with Gasteiger partial charge in [0.25, 0.3) is 11.1 Å². The van der Waals surface area contributed by atoms with Gasteiger partial charge in [-0.25, -0.2) is 0 Å². The standard InChI is InChI=1S/C20H19Cl2N3O3S/c1-3-13-4-7-15(8-5-13)23-18(26)11-29-20-25-24-19(28-20)12(2)27-17-9-6-14(21)10-16(17)22/h4-10,12H,3,11H2,1-2H3,(H,23,26)/t12-/m0/s1. The first kappa shape index (κ1) is 21.5. The Morgan fingerprint density at radius 1 is 1.21 bits per heavy atom. The molecule has 2 aromatic carbocycles. The maximum Gasteiger partial charge on any atom is 0.277 e. The summed E-state index contributed by atoms with van der Waals surface area (Å²) in [6.45, 7) is 3.85. The van der Waals surface area contributed by atoms with Crippen LogP contribution in [0.2, 0.25) is 10.0 Å². The number of rotatable bonds is 8. The van der Waals surface area contributed by atoms with Crippen molar-refractivity contribution in [2.24, 2.45) is 0 Å². The molecule has 0 unspecified atom stereocenters. The molecule has 29 heavy (non-hydrogen) atoms. The van der Waals surface area contributed by atoms with E-state index < -0.39 is 6.10 Å². The summed E-state index contributed by atoms with van der Waals surface area (Å²) in [5, 5.41) is 12.0. The van der Waals surface area contributed by atoms with E-state index in [2.05, 4.69) is 22.4 Å². The highest BCUT2D eigenvalue weighted by molar-refractivity contribution is 7.99. The van der Waals surface area contributed by atoms with Crippen LogP contribution in [-0.2, 0) is 11.2 Å². The highest BCUT2D eigenvalue weighted by Crippen LogP contribution is 2.31. The van der Waals surface area contributed by atoms with Gasteiger partial charge >= 0.3 is 0 Å². The number of benzene rings is 2. The Labute approximate surface area is 182 Å². The molecule has 0 aliphatic rings. The molecule has 152 valence electrons. The second kappa shape index (κ2) is 10.0. The molecule has 1 atom stereocenters. The second-order valence-electron chi connectivity index (χ2n) is 6.13. The van der Waals surface area contributed by atoms with Crippen molar-refractivity contribution in [1.29, 1.82) is 0 Å². The highest BCUT2D eigenvalue weighted by Gasteiger charge is 2.18. The number of halogens is 2. The lowest BCUT2D eigenvalue weighted by molar-refractivity contribution is -0.113. The van der Waals surface area contributed by atoms with Crippen LogP contribution >= 0.6 is 35.0 Å². The molecule has 1 N–H and O–H groups in total. The van der Waals surface area contributed by atoms with E-state index >= 15 is 0 Å². The molecule has 3 rings (SSSR count). The lowest BCUT2D eigenvalue weighted by Crippen LogP contribution is -2.13. The molecule has 1 heterocycles. The maximum atomic E-state index is 12.1. The minimum absolute atomic E-state index is 0.148. The van der Waals surface area contributed by atoms with E-state index in [4.69, 9.17) is 32.4 Å². The number of aryl methyl sites for hydroxylation is 1. The lowest BCUT2D eigenvalue weighted by Gasteiger charge is -2.12. The van der Waals surface area contributed by atoms with Gasteiger partial charge in [-0.05, 0) is 49.2 Å². The van der Waals surface area contributed by atoms with Crippen molar-refractivity contribution < 1.29 is 13.9 Å². The number of carbonyl (C=O) groups is 1. The van der Waals surface area contributed by atoms with Gasteiger partial charge in [0.1, 0.15) is 5.75 Å². The van der Waals surface area contributed by atoms with E-state index in [0.717, 1.165) is 23.9 Å². The zero-order valence-corrected chi connectivity index (χ0v) is 18.1. The quantitative estimate of drug-likeness (QED) is 0.435. The fraction of sp³-hybridized carbons (Fsp3) is 0.250. The van der Waals surface area contributed by atoms with Gasteiger partial charge in [-0.15, -0.1) is 10.2 Å². The van der Waals surface area contributed by atoms with Gasteiger partial charge in [-0.1, -0.05) is 54.0 Å². The van der Waals surface area contributed by atoms with Gasteiger partial charge in [0, 0.05) is 10.7 Å². The van der Waals surface area contributed by atoms with Crippen molar-refractivity contribution in [2.45, 2.75) is 31.6 Å². The number of nitrogens with one attached hydrogen (secondary N) is 1. The number of aromatic nitrogens is 2. The smallest absolute Gasteiger partial charge is 0.277 e. The summed E-state index contributed by atoms with van der Waals surface area (Å²) < 4.78 is 11.3. The molecule has 0 aliphatic heterocycles. The van der Waals surface area contributed by atoms with Gasteiger partial charge in [0.15, 0.2) is 6.10 Å². The van der Waals surface area contributed by atoms with Crippen molar-refractivity contribution in [1.82, 2.24) is 10.2 Å². The molecule has 0 spiro atoms. The number of nitrogens with zero attached hydrogens (tertiary/aromatic N) is 2. The molecule has 9 heteroatoms. The monoisotopic (exact) mass is 451 g/mol. The van der Waals surface area contributed by atoms with Crippen LogP contribution in [0.15, 0.2) is 52.1 Å². The summed E-state index contributed by atoms with van der Waals surface area (Å²) in [5.41, 5.74) is 1.97. The van der Waals surface area contributed by atoms with Crippen LogP contribution in [0.1, 0.15) is 31.4 Å². The van der Waals surface area contributed by atoms with Crippen LogP contribution < -0.4 is 10.1 Å². The molecule has 0 saturated heterocycles. The summed E-state index contributed by atoms with van der Waals surface area (Å²) in [7, 11) is 0. The summed E-state index contributed by atoms with van der Waals surface area (Å²) >= 11 is 13.1. The Morgan fingerprint density at radius 3 is 2.66 bits per heavy atom. The van der Waals surface area contributed by atoms with E-state index in [1.165, 1.54) is 5.56 Å². The number of ether oxygens (including phenoxy) is 1. The first-order valence-corrected chi connectivity index (χ1v) is 10.7. The molecule has 1 amide bonds. The topological polar surface area (TPSA) is 77.2 Å². The van der Waals surface area contributed by atoms with Crippen molar-refractivity contribution in [3.63, 3.8) is 0 Å². The van der Waals surface area contributed by atoms with Crippen LogP contribution in [0, 0.1) is 0 Å². The first-order chi connectivity index (χ1) is 13.9. The van der Waals surface area contributed by atoms with E-state index in [-0.39, 0.29) is 22.8 Å². The number of anilines is 1. The summed E-state index contributed by atoms with van der Waals surface area (Å²) in [6, 6.07) is 12.7. The van der Waals surface area contributed by atoms with Crippen LogP contribution in [0.4, 0.5) is 5.69 Å². The summed E-state index contributed by atoms with van der Waals surface area (Å²) in [4.78, 5) is 12.1. The predicted molar refractivity (Wildman–Crippen MR) is 115 cm³/mol. The van der Waals surface area contributed by atoms with Crippen LogP contribution in [0.5, 0.6) is 5.75 Å². The SMILES string of the molecule is CCc1ccc(NC(=O)CSc2nnc([C@H](C)Oc3ccc(Cl)cc3Cl)o2)cc1. The van der Waals surface area contributed by atoms with Crippen molar-refractivity contribution in [2.75, 3.05) is 11.1 Å². The van der Waals surface area contributed by atoms with Gasteiger partial charge in [0.2, 0.25) is 5.91 Å². The van der Waals surface area contributed by atoms with Gasteiger partial charge in [-0.3, -0.25) is 4.79 Å². The fourth-order valence-corrected chi connectivity index (χ4v) is 3.43. The van der Waals surface area contributed by atoms with Crippen molar-refractivity contribution in [3.8, 4) is 5.75 Å². The average molecular weight is 452 g/mol. The molecule has 0 fully saturated rings. The predicted octanol–water partition coefficient (Wildman–Crippen LogP) is 5.81. The lowest BCUT2D eigenvalue weighted by atomic mass is 10.1. The average Bonchev–Trinajstić information content (AvgIpc) is 3.18. The highest BCUT2D eigenvalue weighted by atomic mass is 35.5. The van der Waals surface area contributed by atoms with E-state index in [9.17, 15) is 4.79 Å². The van der Waals surface area contributed by atoms with E-state index in [0.29, 0.717) is 15.8 Å². The number of hydrogen-bond acceptors (Lipinski definition) is 6. The summed E-state index contributed by atoms with van der Waals surface area (Å²) in [5.74, 6) is 0.741. The number of amides is 1. The van der Waals surface area contributed by atoms with Crippen LogP contribution in [-0.4, -0.2) is 21.9 Å². The van der Waals surface area contributed by atoms with Crippen LogP contribution in [0.25, 0.3) is 0 Å². The summed E-state index contributed by atoms with van der Waals surface area (Å²) in [6.07, 6.45) is 0.442. The Bertz CT molecular complexity index is 979. The minimum Gasteiger partial charge on any atom is -0.479 e. The molecule has 1 aromatic heterocycles. The Kier molecular flexibility index (Phi) is 7.41. The molecule has 6 nitrogen and oxygen atoms in total. The fourth-order valence-electron chi connectivity index (χ4n) is 2.40. The Balaban J connectivity index is 1.51. The molecule has 0 saturated carbocycles. The third-order valence-corrected chi connectivity index (χ3v) is 5.29. The van der Waals surface area contributed by atoms with Gasteiger partial charge in [0.05, 0.1) is 10.8 Å². The van der Waals surface area contributed by atoms with Crippen molar-refractivity contribution in [3.05, 3.63) is 64.0 Å². The molecule has 0 bridgehead atoms. The third kappa shape index (κ3) is 6.13. The molecular formula is C20H19Cl2N3O3S. The second-order valence-corrected chi connectivity index (χ2v) is 7.90. The van der Waals surface area contributed by atoms with Crippen LogP contribution in [0.3, 0.4) is 0 Å². The minimum atomic E-state index is -0.513. The maximum absolute atomic E-state index is 12.1. The number of carbonyl (C=O) groups excluding carboxylic acids is 1. The normalized spacial score (nSPS) is 11.9. The third-order valence-electron chi connectivity index (χ3n) is 3.94. The number of thioether (sulfide) groups is 1. The molecule has 0 radical (unpaired) electrons. The Morgan fingerprint density at radius 2 is 1.97 bits per heavy atom. The van der Waals surface area contributed by atoms with E-state index in [1.54, 1.807) is 25.1 Å². The van der Waals surface area contributed by atoms with Crippen molar-refractivity contribution >= 4 is 46.6 Å². The van der Waals surface area contributed by atoms with E-state index in [1.807, 2.05) is 24.3 Å². The number of hydrogen-bond donors (Lipinski definition) is 1. The Hall–Kier alpha value is -2.22. The zero-order valence-electron chi connectivity index (χ0n) is 15.8. The van der Waals surface area contributed by atoms with Gasteiger partial charge < -0.3 is 14.5 Å². The largest absolute Gasteiger partial charge is 0.479 e. The first-order valence-electron chi connectivity index (χ1n) is 8.91. The molecule has 3 aromatic rings. The molecule has 0 aliphatic carbocycles. The van der Waals surface area contributed by atoms with Gasteiger partial charge in [-0.2, -0.15) is 0 Å². The zero-order chi connectivity index (χ0) is 20.8. The molecular weight excluding hydrogens is 433 g/mol.